The predicted octanol–water partition coefficient (Wildman–Crippen LogP) is -7.36. The van der Waals surface area contributed by atoms with E-state index in [4.69, 9.17) is 30.6 Å². The van der Waals surface area contributed by atoms with Crippen LogP contribution in [0.1, 0.15) is 0 Å². The zero-order valence-electron chi connectivity index (χ0n) is 8.89. The number of hydrogen-bond donors (Lipinski definition) is 6. The predicted molar refractivity (Wildman–Crippen MR) is 56.4 cm³/mol. The first kappa shape index (κ1) is 31.2. The van der Waals surface area contributed by atoms with Crippen molar-refractivity contribution in [3.63, 3.8) is 0 Å². The second-order valence-electron chi connectivity index (χ2n) is 2.19. The molecule has 0 atom stereocenters. The fraction of sp³-hybridized carbons (Fsp3) is 1.00. The average Bonchev–Trinajstić information content (AvgIpc) is 2.24. The Labute approximate surface area is 126 Å². The molecule has 0 spiro atoms. The molecule has 0 aliphatic rings. The van der Waals surface area contributed by atoms with Crippen LogP contribution < -0.4 is 24.8 Å². The van der Waals surface area contributed by atoms with Gasteiger partial charge in [-0.25, -0.2) is 0 Å². The molecule has 11 heteroatoms. The molecule has 6 N–H and O–H groups in total. The summed E-state index contributed by atoms with van der Waals surface area (Å²) in [6.45, 7) is 0. The third-order valence-electron chi connectivity index (χ3n) is 1.20. The summed E-state index contributed by atoms with van der Waals surface area (Å²) in [7, 11) is -1.77. The fourth-order valence-electron chi connectivity index (χ4n) is 0.268. The Bertz CT molecular complexity index is 89.5. The molecule has 0 saturated carbocycles. The van der Waals surface area contributed by atoms with E-state index in [2.05, 4.69) is 0 Å². The van der Waals surface area contributed by atoms with Gasteiger partial charge in [-0.1, -0.05) is 0 Å². The van der Waals surface area contributed by atoms with E-state index in [-0.39, 0.29) is 79.4 Å². The summed E-state index contributed by atoms with van der Waals surface area (Å²) in [5.41, 5.74) is 0. The number of hydrogen-bond acceptors (Lipinski definition) is 6. The van der Waals surface area contributed by atoms with Gasteiger partial charge in [-0.15, -0.1) is 0 Å². The minimum Gasteiger partial charge on any atom is -1.00 e. The molecule has 0 aliphatic heterocycles. The van der Waals surface area contributed by atoms with E-state index in [1.807, 2.05) is 0 Å². The minimum atomic E-state index is -0.887. The van der Waals surface area contributed by atoms with E-state index in [9.17, 15) is 0 Å². The van der Waals surface area contributed by atoms with Crippen LogP contribution in [0.15, 0.2) is 0 Å². The van der Waals surface area contributed by atoms with Gasteiger partial charge in [0.2, 0.25) is 0 Å². The summed E-state index contributed by atoms with van der Waals surface area (Å²) in [4.78, 5) is 0. The van der Waals surface area contributed by atoms with Crippen LogP contribution in [0.4, 0.5) is 0 Å². The zero-order chi connectivity index (χ0) is 11.4. The van der Waals surface area contributed by atoms with Gasteiger partial charge in [-0.05, 0) is 15.8 Å². The molecule has 0 saturated heterocycles. The Hall–Kier alpha value is 1.69. The van der Waals surface area contributed by atoms with Crippen LogP contribution in [-0.4, -0.2) is 68.7 Å². The Morgan fingerprint density at radius 3 is 0.588 bits per heavy atom. The van der Waals surface area contributed by atoms with Crippen LogP contribution in [0.5, 0.6) is 0 Å². The Balaban J connectivity index is -0.0000000480. The molecule has 0 unspecified atom stereocenters. The first-order chi connectivity index (χ1) is 6.69. The van der Waals surface area contributed by atoms with Crippen molar-refractivity contribution in [2.45, 2.75) is 0 Å². The average molecular weight is 378 g/mol. The molecule has 17 heavy (non-hydrogen) atoms. The maximum absolute atomic E-state index is 8.23. The van der Waals surface area contributed by atoms with Crippen molar-refractivity contribution in [3.8, 4) is 0 Å². The van der Waals surface area contributed by atoms with Crippen LogP contribution in [-0.2, 0) is 16.5 Å². The molecule has 0 aromatic heterocycles. The Kier molecular flexibility index (Phi) is 48.3. The Morgan fingerprint density at radius 1 is 0.471 bits per heavy atom. The minimum absolute atomic E-state index is 0. The van der Waals surface area contributed by atoms with E-state index in [1.165, 1.54) is 0 Å². The van der Waals surface area contributed by atoms with Gasteiger partial charge in [0.05, 0.1) is 38.1 Å². The summed E-state index contributed by atoms with van der Waals surface area (Å²) in [6, 6.07) is 0. The topological polar surface area (TPSA) is 121 Å². The molecule has 0 aromatic rings. The van der Waals surface area contributed by atoms with Crippen LogP contribution in [0.3, 0.4) is 0 Å². The smallest absolute Gasteiger partial charge is 1.00 e. The second kappa shape index (κ2) is 26.3. The van der Waals surface area contributed by atoms with Crippen molar-refractivity contribution in [3.05, 3.63) is 0 Å². The standard InChI is InChI=1S/2C3H9O3P.2ClH.Ni/c2*4-1-7(2-5)3-6;;;/h2*4-6H,1-3H2;2*1H;/q;;;;+2/p-2. The summed E-state index contributed by atoms with van der Waals surface area (Å²) in [6.07, 6.45) is -0.486. The summed E-state index contributed by atoms with van der Waals surface area (Å²) in [5.74, 6) is 0. The molecule has 0 fully saturated rings. The van der Waals surface area contributed by atoms with Crippen molar-refractivity contribution in [1.29, 1.82) is 0 Å². The molecular weight excluding hydrogens is 360 g/mol. The van der Waals surface area contributed by atoms with Crippen molar-refractivity contribution >= 4 is 15.8 Å². The summed E-state index contributed by atoms with van der Waals surface area (Å²) >= 11 is 0. The van der Waals surface area contributed by atoms with E-state index >= 15 is 0 Å². The summed E-state index contributed by atoms with van der Waals surface area (Å²) in [5, 5.41) is 49.4. The molecule has 0 amide bonds. The van der Waals surface area contributed by atoms with Gasteiger partial charge in [0.25, 0.3) is 0 Å². The molecule has 0 rings (SSSR count). The van der Waals surface area contributed by atoms with Crippen molar-refractivity contribution < 1.29 is 71.9 Å². The van der Waals surface area contributed by atoms with Crippen molar-refractivity contribution in [2.75, 3.05) is 38.1 Å². The molecule has 112 valence electrons. The van der Waals surface area contributed by atoms with E-state index < -0.39 is 15.8 Å². The van der Waals surface area contributed by atoms with E-state index in [0.29, 0.717) is 0 Å². The van der Waals surface area contributed by atoms with Gasteiger partial charge < -0.3 is 55.5 Å². The van der Waals surface area contributed by atoms with Gasteiger partial charge in [0.1, 0.15) is 0 Å². The SMILES string of the molecule is OCP(CO)CO.OCP(CO)CO.[Cl-].[Cl-].[Ni+2]. The van der Waals surface area contributed by atoms with Crippen molar-refractivity contribution in [2.24, 2.45) is 0 Å². The molecule has 0 bridgehead atoms. The van der Waals surface area contributed by atoms with Gasteiger partial charge in [-0.3, -0.25) is 0 Å². The van der Waals surface area contributed by atoms with Crippen LogP contribution >= 0.6 is 15.8 Å². The van der Waals surface area contributed by atoms with Crippen LogP contribution in [0.2, 0.25) is 0 Å². The monoisotopic (exact) mass is 376 g/mol. The van der Waals surface area contributed by atoms with Crippen LogP contribution in [0.25, 0.3) is 0 Å². The fourth-order valence-corrected chi connectivity index (χ4v) is 0.805. The normalized spacial score (nSPS) is 8.47. The number of aliphatic hydroxyl groups is 6. The molecule has 0 aliphatic carbocycles. The van der Waals surface area contributed by atoms with Gasteiger partial charge in [-0.2, -0.15) is 0 Å². The van der Waals surface area contributed by atoms with Gasteiger partial charge in [0, 0.05) is 0 Å². The van der Waals surface area contributed by atoms with Crippen molar-refractivity contribution in [1.82, 2.24) is 0 Å². The molecular formula is C6H18Cl2NiO6P2. The maximum atomic E-state index is 8.23. The zero-order valence-corrected chi connectivity index (χ0v) is 13.2. The number of aliphatic hydroxyl groups excluding tert-OH is 6. The summed E-state index contributed by atoms with van der Waals surface area (Å²) < 4.78 is 0. The molecule has 0 aromatic carbocycles. The van der Waals surface area contributed by atoms with E-state index in [0.717, 1.165) is 0 Å². The Morgan fingerprint density at radius 2 is 0.588 bits per heavy atom. The third-order valence-corrected chi connectivity index (χ3v) is 3.60. The molecule has 6 nitrogen and oxygen atoms in total. The second-order valence-corrected chi connectivity index (χ2v) is 6.57. The number of halogens is 2. The maximum Gasteiger partial charge on any atom is 2.00 e. The number of rotatable bonds is 6. The van der Waals surface area contributed by atoms with Crippen LogP contribution in [0, 0.1) is 0 Å². The first-order valence-electron chi connectivity index (χ1n) is 3.79. The first-order valence-corrected chi connectivity index (χ1v) is 7.59. The molecule has 0 heterocycles. The molecule has 0 radical (unpaired) electrons. The van der Waals surface area contributed by atoms with Gasteiger partial charge >= 0.3 is 16.5 Å². The largest absolute Gasteiger partial charge is 2.00 e. The third kappa shape index (κ3) is 23.2. The van der Waals surface area contributed by atoms with E-state index in [1.54, 1.807) is 0 Å². The van der Waals surface area contributed by atoms with Gasteiger partial charge in [0.15, 0.2) is 0 Å². The quantitative estimate of drug-likeness (QED) is 0.202.